The Hall–Kier alpha value is -4.29. The van der Waals surface area contributed by atoms with Crippen molar-refractivity contribution in [3.63, 3.8) is 0 Å². The first kappa shape index (κ1) is 35.6. The van der Waals surface area contributed by atoms with Crippen LogP contribution in [0, 0.1) is 39.5 Å². The number of nitrogens with one attached hydrogen (secondary N) is 3. The lowest BCUT2D eigenvalue weighted by Gasteiger charge is -2.33. The topological polar surface area (TPSA) is 177 Å². The zero-order chi connectivity index (χ0) is 33.9. The predicted molar refractivity (Wildman–Crippen MR) is 189 cm³/mol. The van der Waals surface area contributed by atoms with Gasteiger partial charge in [-0.25, -0.2) is 29.5 Å². The van der Waals surface area contributed by atoms with Crippen molar-refractivity contribution in [3.05, 3.63) is 64.3 Å². The molecule has 0 atom stereocenters. The third-order valence-corrected chi connectivity index (χ3v) is 9.24. The van der Waals surface area contributed by atoms with Gasteiger partial charge in [0.25, 0.3) is 0 Å². The summed E-state index contributed by atoms with van der Waals surface area (Å²) in [5, 5.41) is 11.2. The number of carbonyl (C=O) groups is 2. The smallest absolute Gasteiger partial charge is 0.312 e. The van der Waals surface area contributed by atoms with Gasteiger partial charge < -0.3 is 32.3 Å². The number of carbonyl (C=O) groups excluding carboxylic acids is 2. The van der Waals surface area contributed by atoms with Crippen LogP contribution in [-0.2, 0) is 0 Å². The van der Waals surface area contributed by atoms with Crippen molar-refractivity contribution in [2.45, 2.75) is 53.4 Å². The van der Waals surface area contributed by atoms with Crippen LogP contribution in [0.1, 0.15) is 47.9 Å². The van der Waals surface area contributed by atoms with Gasteiger partial charge in [-0.2, -0.15) is 0 Å². The summed E-state index contributed by atoms with van der Waals surface area (Å²) in [7, 11) is 0. The number of benzene rings is 2. The molecule has 4 aromatic rings. The molecular weight excluding hydrogens is 616 g/mol. The normalized spacial score (nSPS) is 15.3. The van der Waals surface area contributed by atoms with Gasteiger partial charge in [-0.15, -0.1) is 0 Å². The molecule has 2 saturated heterocycles. The van der Waals surface area contributed by atoms with Crippen LogP contribution in [0.2, 0.25) is 5.15 Å². The third-order valence-electron chi connectivity index (χ3n) is 8.93. The molecule has 13 heteroatoms. The lowest BCUT2D eigenvalue weighted by molar-refractivity contribution is 0.244. The molecule has 0 aliphatic carbocycles. The fraction of sp³-hybridized carbons (Fsp3) is 0.471. The minimum Gasteiger partial charge on any atom is -0.356 e. The Morgan fingerprint density at radius 1 is 0.745 bits per heavy atom. The number of nitrogens with two attached hydrogens (primary N) is 2. The summed E-state index contributed by atoms with van der Waals surface area (Å²) in [5.41, 5.74) is 16.9. The summed E-state index contributed by atoms with van der Waals surface area (Å²) >= 11 is 5.93. The number of urea groups is 2. The average molecular weight is 663 g/mol. The average Bonchev–Trinajstić information content (AvgIpc) is 3.05. The van der Waals surface area contributed by atoms with E-state index in [1.807, 2.05) is 12.1 Å². The Kier molecular flexibility index (Phi) is 12.9. The Balaban J connectivity index is 0.000000176. The van der Waals surface area contributed by atoms with Gasteiger partial charge >= 0.3 is 12.1 Å². The second kappa shape index (κ2) is 17.0. The minimum absolute atomic E-state index is 0.413. The molecule has 252 valence electrons. The molecule has 47 heavy (non-hydrogen) atoms. The highest BCUT2D eigenvalue weighted by Gasteiger charge is 2.22. The highest BCUT2D eigenvalue weighted by molar-refractivity contribution is 6.34. The van der Waals surface area contributed by atoms with Crippen LogP contribution in [0.15, 0.2) is 36.9 Å². The summed E-state index contributed by atoms with van der Waals surface area (Å²) < 4.78 is 0. The maximum atomic E-state index is 10.8. The largest absolute Gasteiger partial charge is 0.356 e. The number of fused-ring (bicyclic) bond motifs is 2. The Morgan fingerprint density at radius 3 is 1.77 bits per heavy atom. The maximum absolute atomic E-state index is 10.8. The van der Waals surface area contributed by atoms with E-state index in [1.165, 1.54) is 28.6 Å². The molecule has 2 aliphatic heterocycles. The summed E-state index contributed by atoms with van der Waals surface area (Å²) in [6.07, 6.45) is 7.46. The number of rotatable bonds is 5. The molecule has 4 amide bonds. The van der Waals surface area contributed by atoms with Crippen LogP contribution in [0.4, 0.5) is 15.4 Å². The fourth-order valence-corrected chi connectivity index (χ4v) is 5.96. The van der Waals surface area contributed by atoms with Gasteiger partial charge in [-0.05, 0) is 125 Å². The Labute approximate surface area is 281 Å². The lowest BCUT2D eigenvalue weighted by Crippen LogP contribution is -2.40. The molecule has 4 heterocycles. The van der Waals surface area contributed by atoms with Gasteiger partial charge in [0.2, 0.25) is 0 Å². The van der Waals surface area contributed by atoms with Crippen molar-refractivity contribution in [3.8, 4) is 0 Å². The van der Waals surface area contributed by atoms with Gasteiger partial charge in [-0.1, -0.05) is 11.6 Å². The summed E-state index contributed by atoms with van der Waals surface area (Å²) in [6.45, 7) is 13.7. The second-order valence-electron chi connectivity index (χ2n) is 12.4. The molecule has 7 N–H and O–H groups in total. The van der Waals surface area contributed by atoms with E-state index in [0.717, 1.165) is 86.0 Å². The molecule has 12 nitrogen and oxygen atoms in total. The van der Waals surface area contributed by atoms with Gasteiger partial charge in [0.05, 0.1) is 11.0 Å². The van der Waals surface area contributed by atoms with Crippen molar-refractivity contribution in [2.24, 2.45) is 23.3 Å². The first-order valence-corrected chi connectivity index (χ1v) is 16.5. The number of hydrogen-bond donors (Lipinski definition) is 5. The van der Waals surface area contributed by atoms with E-state index < -0.39 is 12.1 Å². The number of anilines is 1. The quantitative estimate of drug-likeness (QED) is 0.191. The predicted octanol–water partition coefficient (Wildman–Crippen LogP) is 4.69. The van der Waals surface area contributed by atoms with Crippen molar-refractivity contribution in [1.29, 1.82) is 0 Å². The minimum atomic E-state index is -0.444. The van der Waals surface area contributed by atoms with E-state index in [0.29, 0.717) is 23.5 Å². The number of primary amides is 2. The summed E-state index contributed by atoms with van der Waals surface area (Å²) in [5.74, 6) is 2.11. The molecule has 0 radical (unpaired) electrons. The number of halogens is 1. The van der Waals surface area contributed by atoms with Gasteiger partial charge in [0.1, 0.15) is 23.6 Å². The first-order valence-electron chi connectivity index (χ1n) is 16.1. The van der Waals surface area contributed by atoms with E-state index in [-0.39, 0.29) is 0 Å². The van der Waals surface area contributed by atoms with Crippen LogP contribution in [0.5, 0.6) is 0 Å². The molecular formula is C34H47ClN10O2. The number of aryl methyl sites for hydroxylation is 4. The van der Waals surface area contributed by atoms with Crippen LogP contribution in [0.25, 0.3) is 21.8 Å². The molecule has 0 bridgehead atoms. The van der Waals surface area contributed by atoms with E-state index in [9.17, 15) is 9.59 Å². The molecule has 0 spiro atoms. The van der Waals surface area contributed by atoms with E-state index in [1.54, 1.807) is 6.33 Å². The van der Waals surface area contributed by atoms with Crippen molar-refractivity contribution in [2.75, 3.05) is 44.2 Å². The van der Waals surface area contributed by atoms with Gasteiger partial charge in [0, 0.05) is 37.0 Å². The molecule has 2 fully saturated rings. The molecule has 2 aromatic heterocycles. The van der Waals surface area contributed by atoms with E-state index >= 15 is 0 Å². The standard InChI is InChI=1S/C17H23N5O.C10H9ClN2.C7H15N3O/c1-11-7-14-15(8-12(11)2)20-10-21-16(14)22-5-3-13(4-6-22)9-19-17(18)23;1-6-3-8-9(4-7(6)2)12-5-13-10(8)11;8-7(11)10-5-6-1-3-9-4-2-6/h7-8,10,13H,3-6,9H2,1-2H3,(H3,18,19,23);3-5H,1-2H3;6,9H,1-5H2,(H3,8,10,11). The lowest BCUT2D eigenvalue weighted by atomic mass is 9.96. The van der Waals surface area contributed by atoms with Crippen LogP contribution in [-0.4, -0.2) is 71.3 Å². The monoisotopic (exact) mass is 662 g/mol. The van der Waals surface area contributed by atoms with Crippen molar-refractivity contribution >= 4 is 51.3 Å². The molecule has 2 aromatic carbocycles. The first-order chi connectivity index (χ1) is 22.5. The molecule has 0 unspecified atom stereocenters. The van der Waals surface area contributed by atoms with E-state index in [2.05, 4.69) is 80.6 Å². The highest BCUT2D eigenvalue weighted by atomic mass is 35.5. The van der Waals surface area contributed by atoms with Gasteiger partial charge in [0.15, 0.2) is 0 Å². The van der Waals surface area contributed by atoms with Crippen LogP contribution in [0.3, 0.4) is 0 Å². The number of nitrogens with zero attached hydrogens (tertiary/aromatic N) is 5. The van der Waals surface area contributed by atoms with Gasteiger partial charge in [-0.3, -0.25) is 0 Å². The van der Waals surface area contributed by atoms with Crippen molar-refractivity contribution < 1.29 is 9.59 Å². The SMILES string of the molecule is Cc1cc2ncnc(Cl)c2cc1C.Cc1cc2ncnc(N3CCC(CNC(N)=O)CC3)c2cc1C.NC(=O)NCC1CCNCC1. The highest BCUT2D eigenvalue weighted by Crippen LogP contribution is 2.29. The van der Waals surface area contributed by atoms with Crippen LogP contribution >= 0.6 is 11.6 Å². The number of amides is 4. The zero-order valence-electron chi connectivity index (χ0n) is 27.8. The summed E-state index contributed by atoms with van der Waals surface area (Å²) in [4.78, 5) is 40.5. The Bertz CT molecular complexity index is 1670. The maximum Gasteiger partial charge on any atom is 0.312 e. The third kappa shape index (κ3) is 10.4. The van der Waals surface area contributed by atoms with Crippen molar-refractivity contribution in [1.82, 2.24) is 35.9 Å². The zero-order valence-corrected chi connectivity index (χ0v) is 28.5. The number of hydrogen-bond acceptors (Lipinski definition) is 8. The number of aromatic nitrogens is 4. The molecule has 2 aliphatic rings. The fourth-order valence-electron chi connectivity index (χ4n) is 5.76. The second-order valence-corrected chi connectivity index (χ2v) is 12.7. The Morgan fingerprint density at radius 2 is 1.21 bits per heavy atom. The molecule has 0 saturated carbocycles. The molecule has 6 rings (SSSR count). The summed E-state index contributed by atoms with van der Waals surface area (Å²) in [6, 6.07) is 7.49. The number of piperidine rings is 2. The van der Waals surface area contributed by atoms with Crippen LogP contribution < -0.4 is 32.3 Å². The van der Waals surface area contributed by atoms with E-state index in [4.69, 9.17) is 23.1 Å².